The first-order chi connectivity index (χ1) is 12.1. The van der Waals surface area contributed by atoms with Crippen LogP contribution in [0.1, 0.15) is 28.9 Å². The number of ether oxygens (including phenoxy) is 1. The first-order valence-electron chi connectivity index (χ1n) is 7.85. The smallest absolute Gasteiger partial charge is 0.338 e. The summed E-state index contributed by atoms with van der Waals surface area (Å²) >= 11 is 0. The molecular weight excluding hydrogens is 318 g/mol. The molecule has 3 rings (SSSR count). The van der Waals surface area contributed by atoms with Crippen molar-refractivity contribution in [3.63, 3.8) is 0 Å². The van der Waals surface area contributed by atoms with Crippen molar-refractivity contribution >= 4 is 22.9 Å². The number of carbonyl (C=O) groups excluding carboxylic acids is 2. The zero-order valence-corrected chi connectivity index (χ0v) is 13.7. The maximum Gasteiger partial charge on any atom is 0.338 e. The summed E-state index contributed by atoms with van der Waals surface area (Å²) in [5.41, 5.74) is 2.60. The topological polar surface area (TPSA) is 81.2 Å². The number of amides is 1. The van der Waals surface area contributed by atoms with Crippen LogP contribution >= 0.6 is 0 Å². The molecule has 1 amide bonds. The van der Waals surface area contributed by atoms with Crippen LogP contribution in [0.15, 0.2) is 60.9 Å². The van der Waals surface area contributed by atoms with E-state index in [1.807, 2.05) is 37.3 Å². The fourth-order valence-electron chi connectivity index (χ4n) is 2.41. The van der Waals surface area contributed by atoms with Crippen molar-refractivity contribution in [1.29, 1.82) is 0 Å². The lowest BCUT2D eigenvalue weighted by molar-refractivity contribution is -0.124. The molecule has 1 heterocycles. The first kappa shape index (κ1) is 16.6. The van der Waals surface area contributed by atoms with Gasteiger partial charge < -0.3 is 10.1 Å². The predicted octanol–water partition coefficient (Wildman–Crippen LogP) is 2.66. The quantitative estimate of drug-likeness (QED) is 0.725. The van der Waals surface area contributed by atoms with Crippen molar-refractivity contribution < 1.29 is 14.3 Å². The summed E-state index contributed by atoms with van der Waals surface area (Å²) in [5, 5.41) is 2.79. The van der Waals surface area contributed by atoms with Crippen LogP contribution in [-0.2, 0) is 9.53 Å². The molecule has 0 spiro atoms. The highest BCUT2D eigenvalue weighted by atomic mass is 16.5. The Bertz CT molecular complexity index is 897. The van der Waals surface area contributed by atoms with Gasteiger partial charge in [0.1, 0.15) is 0 Å². The minimum Gasteiger partial charge on any atom is -0.452 e. The van der Waals surface area contributed by atoms with Gasteiger partial charge in [0, 0.05) is 12.4 Å². The number of fused-ring (bicyclic) bond motifs is 1. The lowest BCUT2D eigenvalue weighted by Gasteiger charge is -2.14. The van der Waals surface area contributed by atoms with E-state index in [0.717, 1.165) is 5.56 Å². The summed E-state index contributed by atoms with van der Waals surface area (Å²) in [6.07, 6.45) is 3.13. The molecule has 1 atom stereocenters. The minimum absolute atomic E-state index is 0.164. The monoisotopic (exact) mass is 335 g/mol. The Morgan fingerprint density at radius 2 is 1.76 bits per heavy atom. The average molecular weight is 335 g/mol. The number of carbonyl (C=O) groups is 2. The molecule has 3 aromatic rings. The second kappa shape index (κ2) is 7.53. The molecule has 1 N–H and O–H groups in total. The van der Waals surface area contributed by atoms with Crippen molar-refractivity contribution in [1.82, 2.24) is 15.3 Å². The molecule has 6 nitrogen and oxygen atoms in total. The molecule has 0 aliphatic rings. The van der Waals surface area contributed by atoms with E-state index in [1.54, 1.807) is 30.6 Å². The normalized spacial score (nSPS) is 11.7. The lowest BCUT2D eigenvalue weighted by atomic mass is 10.1. The van der Waals surface area contributed by atoms with Crippen molar-refractivity contribution in [3.05, 3.63) is 72.1 Å². The van der Waals surface area contributed by atoms with Gasteiger partial charge in [-0.1, -0.05) is 30.3 Å². The van der Waals surface area contributed by atoms with Gasteiger partial charge in [0.05, 0.1) is 22.6 Å². The van der Waals surface area contributed by atoms with Gasteiger partial charge in [-0.3, -0.25) is 14.8 Å². The Kier molecular flexibility index (Phi) is 4.99. The summed E-state index contributed by atoms with van der Waals surface area (Å²) in [6, 6.07) is 14.3. The zero-order chi connectivity index (χ0) is 17.6. The highest BCUT2D eigenvalue weighted by molar-refractivity contribution is 5.94. The highest BCUT2D eigenvalue weighted by Gasteiger charge is 2.13. The summed E-state index contributed by atoms with van der Waals surface area (Å²) in [6.45, 7) is 1.53. The van der Waals surface area contributed by atoms with E-state index >= 15 is 0 Å². The van der Waals surface area contributed by atoms with Crippen LogP contribution in [0.25, 0.3) is 11.0 Å². The molecule has 1 aromatic heterocycles. The number of nitrogens with zero attached hydrogens (tertiary/aromatic N) is 2. The fourth-order valence-corrected chi connectivity index (χ4v) is 2.41. The molecular formula is C19H17N3O3. The van der Waals surface area contributed by atoms with E-state index in [1.165, 1.54) is 0 Å². The van der Waals surface area contributed by atoms with Gasteiger partial charge in [-0.15, -0.1) is 0 Å². The maximum absolute atomic E-state index is 12.1. The van der Waals surface area contributed by atoms with Gasteiger partial charge in [-0.25, -0.2) is 4.79 Å². The number of hydrogen-bond donors (Lipinski definition) is 1. The summed E-state index contributed by atoms with van der Waals surface area (Å²) in [7, 11) is 0. The van der Waals surface area contributed by atoms with Crippen molar-refractivity contribution in [2.45, 2.75) is 13.0 Å². The van der Waals surface area contributed by atoms with Crippen molar-refractivity contribution in [3.8, 4) is 0 Å². The number of aromatic nitrogens is 2. The zero-order valence-electron chi connectivity index (χ0n) is 13.7. The molecule has 0 saturated carbocycles. The van der Waals surface area contributed by atoms with Crippen LogP contribution in [0, 0.1) is 0 Å². The van der Waals surface area contributed by atoms with Gasteiger partial charge >= 0.3 is 5.97 Å². The molecule has 0 aliphatic heterocycles. The van der Waals surface area contributed by atoms with Gasteiger partial charge in [0.25, 0.3) is 5.91 Å². The number of hydrogen-bond acceptors (Lipinski definition) is 5. The Morgan fingerprint density at radius 3 is 2.52 bits per heavy atom. The molecule has 0 bridgehead atoms. The van der Waals surface area contributed by atoms with Gasteiger partial charge in [0.2, 0.25) is 0 Å². The van der Waals surface area contributed by atoms with Crippen molar-refractivity contribution in [2.75, 3.05) is 6.61 Å². The van der Waals surface area contributed by atoms with Gasteiger partial charge in [-0.05, 0) is 30.7 Å². The van der Waals surface area contributed by atoms with Crippen LogP contribution in [0.2, 0.25) is 0 Å². The Morgan fingerprint density at radius 1 is 1.04 bits per heavy atom. The van der Waals surface area contributed by atoms with Crippen molar-refractivity contribution in [2.24, 2.45) is 0 Å². The largest absolute Gasteiger partial charge is 0.452 e. The Labute approximate surface area is 144 Å². The molecule has 126 valence electrons. The molecule has 0 aliphatic carbocycles. The summed E-state index contributed by atoms with van der Waals surface area (Å²) in [4.78, 5) is 32.3. The number of esters is 1. The van der Waals surface area contributed by atoms with E-state index in [-0.39, 0.29) is 18.6 Å². The first-order valence-corrected chi connectivity index (χ1v) is 7.85. The minimum atomic E-state index is -0.574. The average Bonchev–Trinajstić information content (AvgIpc) is 2.66. The maximum atomic E-state index is 12.1. The third-order valence-corrected chi connectivity index (χ3v) is 3.72. The fraction of sp³-hybridized carbons (Fsp3) is 0.158. The second-order valence-corrected chi connectivity index (χ2v) is 5.54. The number of rotatable bonds is 5. The number of benzene rings is 2. The molecule has 0 unspecified atom stereocenters. The van der Waals surface area contributed by atoms with E-state index < -0.39 is 5.97 Å². The van der Waals surface area contributed by atoms with Gasteiger partial charge in [-0.2, -0.15) is 0 Å². The van der Waals surface area contributed by atoms with E-state index in [2.05, 4.69) is 15.3 Å². The SMILES string of the molecule is C[C@@H](NC(=O)COC(=O)c1ccc2nccnc2c1)c1ccccc1. The van der Waals surface area contributed by atoms with Crippen LogP contribution in [-0.4, -0.2) is 28.5 Å². The molecule has 0 fully saturated rings. The van der Waals surface area contributed by atoms with E-state index in [4.69, 9.17) is 4.74 Å². The molecule has 0 radical (unpaired) electrons. The van der Waals surface area contributed by atoms with Gasteiger partial charge in [0.15, 0.2) is 6.61 Å². The van der Waals surface area contributed by atoms with Crippen LogP contribution in [0.4, 0.5) is 0 Å². The predicted molar refractivity (Wildman–Crippen MR) is 92.8 cm³/mol. The summed E-state index contributed by atoms with van der Waals surface area (Å²) in [5.74, 6) is -0.930. The molecule has 25 heavy (non-hydrogen) atoms. The highest BCUT2D eigenvalue weighted by Crippen LogP contribution is 2.13. The van der Waals surface area contributed by atoms with Crippen LogP contribution in [0.5, 0.6) is 0 Å². The third kappa shape index (κ3) is 4.17. The second-order valence-electron chi connectivity index (χ2n) is 5.54. The molecule has 2 aromatic carbocycles. The molecule has 6 heteroatoms. The Balaban J connectivity index is 1.56. The Hall–Kier alpha value is -3.28. The number of nitrogens with one attached hydrogen (secondary N) is 1. The summed E-state index contributed by atoms with van der Waals surface area (Å²) < 4.78 is 5.08. The van der Waals surface area contributed by atoms with Crippen LogP contribution < -0.4 is 5.32 Å². The van der Waals surface area contributed by atoms with E-state index in [0.29, 0.717) is 16.6 Å². The standard InChI is InChI=1S/C19H17N3O3/c1-13(14-5-3-2-4-6-14)22-18(23)12-25-19(24)15-7-8-16-17(11-15)21-10-9-20-16/h2-11,13H,12H2,1H3,(H,22,23)/t13-/m1/s1. The third-order valence-electron chi connectivity index (χ3n) is 3.72. The lowest BCUT2D eigenvalue weighted by Crippen LogP contribution is -2.31. The van der Waals surface area contributed by atoms with Crippen LogP contribution in [0.3, 0.4) is 0 Å². The van der Waals surface area contributed by atoms with E-state index in [9.17, 15) is 9.59 Å². The molecule has 0 saturated heterocycles.